The van der Waals surface area contributed by atoms with Gasteiger partial charge in [0.1, 0.15) is 11.6 Å². The number of methoxy groups -OCH3 is 1. The molecule has 29 heavy (non-hydrogen) atoms. The van der Waals surface area contributed by atoms with E-state index in [0.29, 0.717) is 17.5 Å². The van der Waals surface area contributed by atoms with Crippen molar-refractivity contribution in [1.29, 1.82) is 0 Å². The maximum absolute atomic E-state index is 13.4. The standard InChI is InChI=1S/C21H23FN4O2S/c1-14(20(27)25(2)13-15-6-5-7-17(22)12-15)29-21-24-23-19(26(21)3)16-8-10-18(28-4)11-9-16/h5-12,14H,13H2,1-4H3/t14-/m0/s1. The molecule has 0 spiro atoms. The van der Waals surface area contributed by atoms with Crippen LogP contribution in [0.4, 0.5) is 4.39 Å². The molecule has 0 aliphatic carbocycles. The lowest BCUT2D eigenvalue weighted by atomic mass is 10.2. The summed E-state index contributed by atoms with van der Waals surface area (Å²) in [7, 11) is 5.20. The van der Waals surface area contributed by atoms with Gasteiger partial charge < -0.3 is 14.2 Å². The zero-order valence-corrected chi connectivity index (χ0v) is 17.6. The Bertz CT molecular complexity index is 991. The third-order valence-electron chi connectivity index (χ3n) is 4.50. The second kappa shape index (κ2) is 9.09. The minimum atomic E-state index is -0.361. The predicted molar refractivity (Wildman–Crippen MR) is 111 cm³/mol. The van der Waals surface area contributed by atoms with Gasteiger partial charge in [0.05, 0.1) is 12.4 Å². The van der Waals surface area contributed by atoms with Crippen LogP contribution in [0.3, 0.4) is 0 Å². The molecule has 0 N–H and O–H groups in total. The van der Waals surface area contributed by atoms with Crippen LogP contribution in [0.15, 0.2) is 53.7 Å². The average molecular weight is 415 g/mol. The number of ether oxygens (including phenoxy) is 1. The van der Waals surface area contributed by atoms with Gasteiger partial charge in [0, 0.05) is 26.2 Å². The van der Waals surface area contributed by atoms with Crippen LogP contribution < -0.4 is 4.74 Å². The fraction of sp³-hybridized carbons (Fsp3) is 0.286. The van der Waals surface area contributed by atoms with Crippen LogP contribution in [0.25, 0.3) is 11.4 Å². The molecule has 0 radical (unpaired) electrons. The second-order valence-corrected chi connectivity index (χ2v) is 7.99. The fourth-order valence-electron chi connectivity index (χ4n) is 2.91. The highest BCUT2D eigenvalue weighted by Gasteiger charge is 2.22. The summed E-state index contributed by atoms with van der Waals surface area (Å²) in [5, 5.41) is 8.79. The van der Waals surface area contributed by atoms with Gasteiger partial charge in [-0.1, -0.05) is 23.9 Å². The van der Waals surface area contributed by atoms with Crippen molar-refractivity contribution in [2.75, 3.05) is 14.2 Å². The smallest absolute Gasteiger partial charge is 0.235 e. The maximum Gasteiger partial charge on any atom is 0.235 e. The van der Waals surface area contributed by atoms with E-state index in [4.69, 9.17) is 4.74 Å². The molecule has 0 saturated heterocycles. The van der Waals surface area contributed by atoms with Gasteiger partial charge in [-0.25, -0.2) is 4.39 Å². The Labute approximate surface area is 173 Å². The minimum Gasteiger partial charge on any atom is -0.497 e. The molecule has 0 aliphatic rings. The van der Waals surface area contributed by atoms with Gasteiger partial charge in [-0.2, -0.15) is 0 Å². The van der Waals surface area contributed by atoms with E-state index in [1.807, 2.05) is 42.8 Å². The first-order valence-electron chi connectivity index (χ1n) is 9.09. The predicted octanol–water partition coefficient (Wildman–Crippen LogP) is 3.77. The second-order valence-electron chi connectivity index (χ2n) is 6.68. The lowest BCUT2D eigenvalue weighted by molar-refractivity contribution is -0.129. The molecule has 0 fully saturated rings. The van der Waals surface area contributed by atoms with Crippen LogP contribution in [-0.2, 0) is 18.4 Å². The van der Waals surface area contributed by atoms with Crippen molar-refractivity contribution in [3.05, 3.63) is 59.9 Å². The molecule has 3 aromatic rings. The number of carbonyl (C=O) groups is 1. The van der Waals surface area contributed by atoms with Crippen molar-refractivity contribution < 1.29 is 13.9 Å². The number of aromatic nitrogens is 3. The summed E-state index contributed by atoms with van der Waals surface area (Å²) in [4.78, 5) is 14.3. The first-order chi connectivity index (χ1) is 13.9. The van der Waals surface area contributed by atoms with E-state index in [2.05, 4.69) is 10.2 Å². The molecule has 6 nitrogen and oxygen atoms in total. The first kappa shape index (κ1) is 20.9. The number of hydrogen-bond donors (Lipinski definition) is 0. The van der Waals surface area contributed by atoms with Gasteiger partial charge in [-0.15, -0.1) is 10.2 Å². The molecule has 1 atom stereocenters. The normalized spacial score (nSPS) is 11.9. The van der Waals surface area contributed by atoms with Crippen molar-refractivity contribution in [2.24, 2.45) is 7.05 Å². The molecule has 1 heterocycles. The van der Waals surface area contributed by atoms with E-state index < -0.39 is 0 Å². The Hall–Kier alpha value is -2.87. The number of halogens is 1. The third kappa shape index (κ3) is 4.95. The topological polar surface area (TPSA) is 60.3 Å². The van der Waals surface area contributed by atoms with Crippen molar-refractivity contribution in [3.8, 4) is 17.1 Å². The van der Waals surface area contributed by atoms with Gasteiger partial charge >= 0.3 is 0 Å². The van der Waals surface area contributed by atoms with Gasteiger partial charge in [0.25, 0.3) is 0 Å². The summed E-state index contributed by atoms with van der Waals surface area (Å²) in [5.41, 5.74) is 1.66. The molecular weight excluding hydrogens is 391 g/mol. The highest BCUT2D eigenvalue weighted by Crippen LogP contribution is 2.27. The molecular formula is C21H23FN4O2S. The van der Waals surface area contributed by atoms with Crippen molar-refractivity contribution in [2.45, 2.75) is 23.9 Å². The van der Waals surface area contributed by atoms with Gasteiger partial charge in [0.15, 0.2) is 11.0 Å². The molecule has 0 saturated carbocycles. The SMILES string of the molecule is COc1ccc(-c2nnc(S[C@@H](C)C(=O)N(C)Cc3cccc(F)c3)n2C)cc1. The van der Waals surface area contributed by atoms with E-state index in [0.717, 1.165) is 16.9 Å². The largest absolute Gasteiger partial charge is 0.497 e. The molecule has 1 amide bonds. The monoisotopic (exact) mass is 414 g/mol. The summed E-state index contributed by atoms with van der Waals surface area (Å²) in [6.07, 6.45) is 0. The Balaban J connectivity index is 1.67. The maximum atomic E-state index is 13.4. The minimum absolute atomic E-state index is 0.0618. The van der Waals surface area contributed by atoms with Crippen molar-refractivity contribution >= 4 is 17.7 Å². The molecule has 3 rings (SSSR count). The van der Waals surface area contributed by atoms with E-state index in [1.165, 1.54) is 23.9 Å². The molecule has 8 heteroatoms. The molecule has 0 aliphatic heterocycles. The van der Waals surface area contributed by atoms with Gasteiger partial charge in [-0.3, -0.25) is 4.79 Å². The van der Waals surface area contributed by atoms with Crippen LogP contribution >= 0.6 is 11.8 Å². The highest BCUT2D eigenvalue weighted by molar-refractivity contribution is 8.00. The van der Waals surface area contributed by atoms with Crippen LogP contribution in [0.5, 0.6) is 5.75 Å². The van der Waals surface area contributed by atoms with Crippen LogP contribution in [0.1, 0.15) is 12.5 Å². The average Bonchev–Trinajstić information content (AvgIpc) is 3.07. The van der Waals surface area contributed by atoms with Crippen molar-refractivity contribution in [3.63, 3.8) is 0 Å². The molecule has 0 bridgehead atoms. The lowest BCUT2D eigenvalue weighted by Crippen LogP contribution is -2.33. The van der Waals surface area contributed by atoms with E-state index in [-0.39, 0.29) is 17.0 Å². The summed E-state index contributed by atoms with van der Waals surface area (Å²) in [6, 6.07) is 13.8. The Morgan fingerprint density at radius 1 is 1.24 bits per heavy atom. The zero-order valence-electron chi connectivity index (χ0n) is 16.8. The summed E-state index contributed by atoms with van der Waals surface area (Å²) >= 11 is 1.34. The lowest BCUT2D eigenvalue weighted by Gasteiger charge is -2.21. The van der Waals surface area contributed by atoms with Gasteiger partial charge in [-0.05, 0) is 48.9 Å². The number of amides is 1. The summed E-state index contributed by atoms with van der Waals surface area (Å²) < 4.78 is 20.4. The third-order valence-corrected chi connectivity index (χ3v) is 5.62. The van der Waals surface area contributed by atoms with Gasteiger partial charge in [0.2, 0.25) is 5.91 Å². The van der Waals surface area contributed by atoms with Crippen LogP contribution in [-0.4, -0.2) is 45.0 Å². The molecule has 1 aromatic heterocycles. The number of thioether (sulfide) groups is 1. The number of hydrogen-bond acceptors (Lipinski definition) is 5. The van der Waals surface area contributed by atoms with Crippen LogP contribution in [0.2, 0.25) is 0 Å². The number of benzene rings is 2. The molecule has 152 valence electrons. The summed E-state index contributed by atoms with van der Waals surface area (Å²) in [6.45, 7) is 2.17. The molecule has 0 unspecified atom stereocenters. The Kier molecular flexibility index (Phi) is 6.53. The number of carbonyl (C=O) groups excluding carboxylic acids is 1. The Morgan fingerprint density at radius 2 is 1.97 bits per heavy atom. The molecule has 2 aromatic carbocycles. The zero-order chi connectivity index (χ0) is 21.0. The van der Waals surface area contributed by atoms with Crippen LogP contribution in [0, 0.1) is 5.82 Å². The van der Waals surface area contributed by atoms with E-state index in [1.54, 1.807) is 31.2 Å². The number of rotatable bonds is 7. The van der Waals surface area contributed by atoms with E-state index >= 15 is 0 Å². The Morgan fingerprint density at radius 3 is 2.62 bits per heavy atom. The van der Waals surface area contributed by atoms with Crippen molar-refractivity contribution in [1.82, 2.24) is 19.7 Å². The first-order valence-corrected chi connectivity index (χ1v) is 9.97. The number of nitrogens with zero attached hydrogens (tertiary/aromatic N) is 4. The quantitative estimate of drug-likeness (QED) is 0.551. The summed E-state index contributed by atoms with van der Waals surface area (Å²) in [5.74, 6) is 1.11. The van der Waals surface area contributed by atoms with E-state index in [9.17, 15) is 9.18 Å². The highest BCUT2D eigenvalue weighted by atomic mass is 32.2. The fourth-order valence-corrected chi connectivity index (χ4v) is 3.84.